The lowest BCUT2D eigenvalue weighted by Crippen LogP contribution is -2.38. The summed E-state index contributed by atoms with van der Waals surface area (Å²) in [6.07, 6.45) is 3.36. The largest absolute Gasteiger partial charge is 0.461 e. The van der Waals surface area contributed by atoms with E-state index in [1.54, 1.807) is 36.0 Å². The number of ketones is 1. The topological polar surface area (TPSA) is 47.2 Å². The van der Waals surface area contributed by atoms with E-state index in [-0.39, 0.29) is 18.3 Å². The molecule has 0 atom stereocenters. The molecule has 0 bridgehead atoms. The molecule has 15 heavy (non-hydrogen) atoms. The molecule has 0 N–H and O–H groups in total. The third kappa shape index (κ3) is 3.50. The van der Waals surface area contributed by atoms with Crippen molar-refractivity contribution >= 4 is 11.8 Å². The normalized spacial score (nSPS) is 9.73. The molecule has 0 radical (unpaired) electrons. The quantitative estimate of drug-likeness (QED) is 0.416. The zero-order chi connectivity index (χ0) is 11.3. The summed E-state index contributed by atoms with van der Waals surface area (Å²) < 4.78 is 6.44. The predicted octanol–water partition coefficient (Wildman–Crippen LogP) is 0.740. The number of esters is 1. The summed E-state index contributed by atoms with van der Waals surface area (Å²) in [5, 5.41) is 0. The first kappa shape index (κ1) is 11.4. The Hall–Kier alpha value is -1.71. The molecule has 1 heterocycles. The van der Waals surface area contributed by atoms with E-state index < -0.39 is 0 Å². The van der Waals surface area contributed by atoms with Crippen LogP contribution in [0.15, 0.2) is 24.5 Å². The van der Waals surface area contributed by atoms with Gasteiger partial charge >= 0.3 is 5.97 Å². The van der Waals surface area contributed by atoms with Crippen molar-refractivity contribution in [1.82, 2.24) is 0 Å². The zero-order valence-electron chi connectivity index (χ0n) is 8.90. The Balaban J connectivity index is 2.73. The number of hydrogen-bond acceptors (Lipinski definition) is 3. The van der Waals surface area contributed by atoms with Crippen molar-refractivity contribution in [1.29, 1.82) is 0 Å². The van der Waals surface area contributed by atoms with E-state index in [1.807, 2.05) is 0 Å². The highest BCUT2D eigenvalue weighted by Gasteiger charge is 2.11. The number of pyridine rings is 1. The fraction of sp³-hybridized carbons (Fsp3) is 0.364. The number of ether oxygens (including phenoxy) is 1. The Labute approximate surface area is 88.5 Å². The second kappa shape index (κ2) is 5.24. The Kier molecular flexibility index (Phi) is 3.97. The van der Waals surface area contributed by atoms with E-state index in [0.717, 1.165) is 0 Å². The first-order valence-corrected chi connectivity index (χ1v) is 4.79. The monoisotopic (exact) mass is 208 g/mol. The maximum atomic E-state index is 11.2. The van der Waals surface area contributed by atoms with E-state index in [1.165, 1.54) is 6.92 Å². The average Bonchev–Trinajstić information content (AvgIpc) is 2.18. The molecule has 0 aliphatic heterocycles. The van der Waals surface area contributed by atoms with Crippen molar-refractivity contribution in [2.75, 3.05) is 6.61 Å². The fourth-order valence-corrected chi connectivity index (χ4v) is 1.18. The van der Waals surface area contributed by atoms with Gasteiger partial charge in [0, 0.05) is 6.07 Å². The zero-order valence-corrected chi connectivity index (χ0v) is 8.90. The molecule has 0 unspecified atom stereocenters. The van der Waals surface area contributed by atoms with Crippen LogP contribution in [0.5, 0.6) is 0 Å². The van der Waals surface area contributed by atoms with Crippen molar-refractivity contribution < 1.29 is 18.9 Å². The van der Waals surface area contributed by atoms with Crippen LogP contribution < -0.4 is 4.57 Å². The summed E-state index contributed by atoms with van der Waals surface area (Å²) in [6, 6.07) is 3.44. The maximum absolute atomic E-state index is 11.2. The lowest BCUT2D eigenvalue weighted by Gasteiger charge is -1.99. The number of Topliss-reactive ketones (excluding diaryl/α,β-unsaturated/α-hetero) is 1. The molecular weight excluding hydrogens is 194 g/mol. The Morgan fingerprint density at radius 2 is 2.20 bits per heavy atom. The average molecular weight is 208 g/mol. The summed E-state index contributed by atoms with van der Waals surface area (Å²) in [4.78, 5) is 22.2. The molecule has 0 saturated carbocycles. The van der Waals surface area contributed by atoms with Crippen molar-refractivity contribution in [3.63, 3.8) is 0 Å². The van der Waals surface area contributed by atoms with E-state index in [0.29, 0.717) is 12.2 Å². The van der Waals surface area contributed by atoms with Gasteiger partial charge in [-0.15, -0.1) is 0 Å². The number of aromatic nitrogens is 1. The minimum atomic E-state index is -0.303. The second-order valence-corrected chi connectivity index (χ2v) is 3.13. The Morgan fingerprint density at radius 1 is 1.47 bits per heavy atom. The van der Waals surface area contributed by atoms with E-state index in [9.17, 15) is 9.59 Å². The highest BCUT2D eigenvalue weighted by molar-refractivity contribution is 5.93. The Morgan fingerprint density at radius 3 is 2.80 bits per heavy atom. The molecule has 0 aliphatic carbocycles. The SMILES string of the molecule is CCOC(=O)C[n+]1cccc(C(C)=O)c1. The van der Waals surface area contributed by atoms with Crippen LogP contribution in [0.2, 0.25) is 0 Å². The highest BCUT2D eigenvalue weighted by Crippen LogP contribution is 1.95. The van der Waals surface area contributed by atoms with Gasteiger partial charge in [0.2, 0.25) is 6.54 Å². The molecule has 0 aliphatic rings. The molecule has 1 aromatic rings. The second-order valence-electron chi connectivity index (χ2n) is 3.13. The van der Waals surface area contributed by atoms with Gasteiger partial charge in [-0.1, -0.05) is 0 Å². The molecule has 0 fully saturated rings. The van der Waals surface area contributed by atoms with Gasteiger partial charge in [0.1, 0.15) is 0 Å². The molecule has 80 valence electrons. The molecular formula is C11H14NO3+. The summed E-state index contributed by atoms with van der Waals surface area (Å²) in [5.41, 5.74) is 0.585. The minimum Gasteiger partial charge on any atom is -0.461 e. The van der Waals surface area contributed by atoms with E-state index in [2.05, 4.69) is 0 Å². The van der Waals surface area contributed by atoms with Gasteiger partial charge in [0.25, 0.3) is 0 Å². The lowest BCUT2D eigenvalue weighted by atomic mass is 10.2. The van der Waals surface area contributed by atoms with Gasteiger partial charge in [0.15, 0.2) is 18.2 Å². The van der Waals surface area contributed by atoms with E-state index in [4.69, 9.17) is 4.74 Å². The van der Waals surface area contributed by atoms with Crippen LogP contribution in [0.3, 0.4) is 0 Å². The Bertz CT molecular complexity index is 374. The van der Waals surface area contributed by atoms with Crippen LogP contribution >= 0.6 is 0 Å². The minimum absolute atomic E-state index is 0.0202. The van der Waals surface area contributed by atoms with Crippen LogP contribution in [0.1, 0.15) is 24.2 Å². The number of hydrogen-bond donors (Lipinski definition) is 0. The van der Waals surface area contributed by atoms with Crippen LogP contribution in [-0.4, -0.2) is 18.4 Å². The third-order valence-electron chi connectivity index (χ3n) is 1.88. The number of carbonyl (C=O) groups is 2. The third-order valence-corrected chi connectivity index (χ3v) is 1.88. The fourth-order valence-electron chi connectivity index (χ4n) is 1.18. The van der Waals surface area contributed by atoms with Gasteiger partial charge in [-0.25, -0.2) is 4.79 Å². The molecule has 1 aromatic heterocycles. The lowest BCUT2D eigenvalue weighted by molar-refractivity contribution is -0.686. The van der Waals surface area contributed by atoms with Crippen LogP contribution in [0.4, 0.5) is 0 Å². The van der Waals surface area contributed by atoms with Crippen LogP contribution in [0.25, 0.3) is 0 Å². The number of carbonyl (C=O) groups excluding carboxylic acids is 2. The van der Waals surface area contributed by atoms with Crippen LogP contribution in [0, 0.1) is 0 Å². The van der Waals surface area contributed by atoms with Gasteiger partial charge < -0.3 is 4.74 Å². The van der Waals surface area contributed by atoms with Crippen molar-refractivity contribution in [2.45, 2.75) is 20.4 Å². The van der Waals surface area contributed by atoms with Crippen molar-refractivity contribution in [3.8, 4) is 0 Å². The van der Waals surface area contributed by atoms with E-state index >= 15 is 0 Å². The van der Waals surface area contributed by atoms with Crippen molar-refractivity contribution in [3.05, 3.63) is 30.1 Å². The summed E-state index contributed by atoms with van der Waals surface area (Å²) >= 11 is 0. The van der Waals surface area contributed by atoms with Crippen LogP contribution in [-0.2, 0) is 16.1 Å². The molecule has 0 saturated heterocycles. The first-order valence-electron chi connectivity index (χ1n) is 4.79. The maximum Gasteiger partial charge on any atom is 0.372 e. The molecule has 0 spiro atoms. The van der Waals surface area contributed by atoms with Gasteiger partial charge in [-0.05, 0) is 19.9 Å². The molecule has 1 rings (SSSR count). The first-order chi connectivity index (χ1) is 7.13. The van der Waals surface area contributed by atoms with Gasteiger partial charge in [-0.3, -0.25) is 4.79 Å². The molecule has 4 heteroatoms. The molecule has 0 amide bonds. The van der Waals surface area contributed by atoms with Gasteiger partial charge in [0.05, 0.1) is 12.2 Å². The number of rotatable bonds is 4. The van der Waals surface area contributed by atoms with Gasteiger partial charge in [-0.2, -0.15) is 4.57 Å². The molecule has 0 aromatic carbocycles. The van der Waals surface area contributed by atoms with Crippen molar-refractivity contribution in [2.24, 2.45) is 0 Å². The summed E-state index contributed by atoms with van der Waals surface area (Å²) in [7, 11) is 0. The smallest absolute Gasteiger partial charge is 0.372 e. The predicted molar refractivity (Wildman–Crippen MR) is 53.3 cm³/mol. The highest BCUT2D eigenvalue weighted by atomic mass is 16.5. The summed E-state index contributed by atoms with van der Waals surface area (Å²) in [5.74, 6) is -0.323. The molecule has 4 nitrogen and oxygen atoms in total. The standard InChI is InChI=1S/C11H14NO3/c1-3-15-11(14)8-12-6-4-5-10(7-12)9(2)13/h4-7H,3,8H2,1-2H3/q+1. The number of nitrogens with zero attached hydrogens (tertiary/aromatic N) is 1. The summed E-state index contributed by atoms with van der Waals surface area (Å²) in [6.45, 7) is 3.75.